The van der Waals surface area contributed by atoms with Gasteiger partial charge in [0.05, 0.1) is 19.3 Å². The van der Waals surface area contributed by atoms with Crippen molar-refractivity contribution in [1.82, 2.24) is 0 Å². The summed E-state index contributed by atoms with van der Waals surface area (Å²) in [5.74, 6) is 1.08. The van der Waals surface area contributed by atoms with E-state index >= 15 is 0 Å². The number of carbonyl (C=O) groups excluding carboxylic acids is 1. The van der Waals surface area contributed by atoms with Gasteiger partial charge in [-0.15, -0.1) is 11.6 Å². The summed E-state index contributed by atoms with van der Waals surface area (Å²) in [5, 5.41) is 0.141. The Morgan fingerprint density at radius 2 is 2.24 bits per heavy atom. The Kier molecular flexibility index (Phi) is 5.84. The molecule has 1 aromatic rings. The number of carbonyl (C=O) groups is 1. The van der Waals surface area contributed by atoms with Crippen LogP contribution in [0.3, 0.4) is 0 Å². The third-order valence-corrected chi connectivity index (χ3v) is 2.57. The highest BCUT2D eigenvalue weighted by Crippen LogP contribution is 2.30. The first kappa shape index (κ1) is 13.8. The number of aldehydes is 1. The summed E-state index contributed by atoms with van der Waals surface area (Å²) < 4.78 is 10.7. The van der Waals surface area contributed by atoms with Crippen LogP contribution in [0, 0.1) is 0 Å². The molecule has 0 radical (unpaired) electrons. The maximum atomic E-state index is 10.9. The third-order valence-electron chi connectivity index (χ3n) is 2.35. The molecule has 1 atom stereocenters. The van der Waals surface area contributed by atoms with Crippen LogP contribution in [0.5, 0.6) is 11.5 Å². The normalized spacial score (nSPS) is 11.9. The maximum absolute atomic E-state index is 10.9. The number of methoxy groups -OCH3 is 1. The molecule has 1 unspecified atom stereocenters. The predicted molar refractivity (Wildman–Crippen MR) is 68.4 cm³/mol. The number of alkyl halides is 1. The average molecular weight is 257 g/mol. The molecule has 0 saturated heterocycles. The predicted octanol–water partition coefficient (Wildman–Crippen LogP) is 3.29. The van der Waals surface area contributed by atoms with Gasteiger partial charge in [-0.25, -0.2) is 0 Å². The van der Waals surface area contributed by atoms with Crippen LogP contribution >= 0.6 is 11.6 Å². The van der Waals surface area contributed by atoms with Crippen LogP contribution in [0.15, 0.2) is 18.2 Å². The Balaban J connectivity index is 2.64. The Morgan fingerprint density at radius 1 is 1.47 bits per heavy atom. The van der Waals surface area contributed by atoms with Gasteiger partial charge < -0.3 is 9.47 Å². The topological polar surface area (TPSA) is 35.5 Å². The number of rotatable bonds is 7. The lowest BCUT2D eigenvalue weighted by atomic mass is 10.2. The van der Waals surface area contributed by atoms with Gasteiger partial charge in [0.25, 0.3) is 0 Å². The maximum Gasteiger partial charge on any atom is 0.171 e. The first-order chi connectivity index (χ1) is 8.19. The van der Waals surface area contributed by atoms with Crippen molar-refractivity contribution in [3.05, 3.63) is 23.8 Å². The summed E-state index contributed by atoms with van der Waals surface area (Å²) in [4.78, 5) is 10.9. The van der Waals surface area contributed by atoms with Crippen molar-refractivity contribution in [1.29, 1.82) is 0 Å². The molecule has 1 aromatic carbocycles. The van der Waals surface area contributed by atoms with Crippen molar-refractivity contribution in [2.24, 2.45) is 0 Å². The Labute approximate surface area is 107 Å². The van der Waals surface area contributed by atoms with E-state index in [-0.39, 0.29) is 5.38 Å². The highest BCUT2D eigenvalue weighted by Gasteiger charge is 2.09. The van der Waals surface area contributed by atoms with E-state index in [0.29, 0.717) is 23.7 Å². The van der Waals surface area contributed by atoms with E-state index in [1.165, 1.54) is 0 Å². The molecule has 4 heteroatoms. The fraction of sp³-hybridized carbons (Fsp3) is 0.462. The van der Waals surface area contributed by atoms with E-state index < -0.39 is 0 Å². The second-order valence-electron chi connectivity index (χ2n) is 3.77. The zero-order valence-corrected chi connectivity index (χ0v) is 10.9. The van der Waals surface area contributed by atoms with Crippen LogP contribution in [0.25, 0.3) is 0 Å². The summed E-state index contributed by atoms with van der Waals surface area (Å²) in [7, 11) is 1.55. The average Bonchev–Trinajstić information content (AvgIpc) is 2.34. The Bertz CT molecular complexity index is 364. The van der Waals surface area contributed by atoms with E-state index in [4.69, 9.17) is 21.1 Å². The summed E-state index contributed by atoms with van der Waals surface area (Å²) >= 11 is 5.84. The number of hydrogen-bond acceptors (Lipinski definition) is 3. The van der Waals surface area contributed by atoms with Crippen LogP contribution in [-0.2, 0) is 0 Å². The van der Waals surface area contributed by atoms with Crippen molar-refractivity contribution in [2.45, 2.75) is 25.1 Å². The van der Waals surface area contributed by atoms with Crippen LogP contribution in [-0.4, -0.2) is 25.4 Å². The number of para-hydroxylation sites is 1. The molecule has 0 aliphatic carbocycles. The first-order valence-electron chi connectivity index (χ1n) is 5.58. The molecule has 0 aliphatic heterocycles. The number of ether oxygens (including phenoxy) is 2. The third kappa shape index (κ3) is 4.27. The Morgan fingerprint density at radius 3 is 2.82 bits per heavy atom. The van der Waals surface area contributed by atoms with Crippen LogP contribution in [0.2, 0.25) is 0 Å². The second kappa shape index (κ2) is 7.17. The highest BCUT2D eigenvalue weighted by molar-refractivity contribution is 6.20. The summed E-state index contributed by atoms with van der Waals surface area (Å²) in [5.41, 5.74) is 0.503. The van der Waals surface area contributed by atoms with Crippen LogP contribution in [0.4, 0.5) is 0 Å². The minimum atomic E-state index is 0.141. The van der Waals surface area contributed by atoms with Gasteiger partial charge in [0.15, 0.2) is 17.8 Å². The van der Waals surface area contributed by atoms with Crippen molar-refractivity contribution >= 4 is 17.9 Å². The molecule has 0 aromatic heterocycles. The zero-order chi connectivity index (χ0) is 12.7. The van der Waals surface area contributed by atoms with Crippen molar-refractivity contribution in [3.8, 4) is 11.5 Å². The molecule has 0 fully saturated rings. The molecule has 0 saturated carbocycles. The molecular weight excluding hydrogens is 240 g/mol. The van der Waals surface area contributed by atoms with Gasteiger partial charge in [-0.2, -0.15) is 0 Å². The molecule has 0 heterocycles. The molecule has 17 heavy (non-hydrogen) atoms. The lowest BCUT2D eigenvalue weighted by Gasteiger charge is -2.12. The molecule has 0 bridgehead atoms. The van der Waals surface area contributed by atoms with Gasteiger partial charge in [-0.1, -0.05) is 6.07 Å². The Hall–Kier alpha value is -1.22. The van der Waals surface area contributed by atoms with Gasteiger partial charge in [-0.3, -0.25) is 4.79 Å². The molecule has 0 aliphatic rings. The van der Waals surface area contributed by atoms with Crippen molar-refractivity contribution < 1.29 is 14.3 Å². The first-order valence-corrected chi connectivity index (χ1v) is 6.01. The monoisotopic (exact) mass is 256 g/mol. The largest absolute Gasteiger partial charge is 0.493 e. The minimum absolute atomic E-state index is 0.141. The van der Waals surface area contributed by atoms with Gasteiger partial charge in [0, 0.05) is 5.38 Å². The van der Waals surface area contributed by atoms with E-state index in [1.54, 1.807) is 25.3 Å². The van der Waals surface area contributed by atoms with Gasteiger partial charge in [0.1, 0.15) is 0 Å². The molecule has 3 nitrogen and oxygen atoms in total. The molecule has 94 valence electrons. The van der Waals surface area contributed by atoms with Crippen LogP contribution in [0.1, 0.15) is 30.1 Å². The fourth-order valence-corrected chi connectivity index (χ4v) is 1.63. The summed E-state index contributed by atoms with van der Waals surface area (Å²) in [6, 6.07) is 5.23. The van der Waals surface area contributed by atoms with Crippen molar-refractivity contribution in [3.63, 3.8) is 0 Å². The van der Waals surface area contributed by atoms with E-state index in [9.17, 15) is 4.79 Å². The van der Waals surface area contributed by atoms with E-state index in [2.05, 4.69) is 0 Å². The quantitative estimate of drug-likeness (QED) is 0.427. The molecule has 1 rings (SSSR count). The minimum Gasteiger partial charge on any atom is -0.493 e. The lowest BCUT2D eigenvalue weighted by molar-refractivity contribution is 0.111. The molecule has 0 amide bonds. The van der Waals surface area contributed by atoms with Crippen LogP contribution < -0.4 is 9.47 Å². The van der Waals surface area contributed by atoms with Crippen molar-refractivity contribution in [2.75, 3.05) is 13.7 Å². The van der Waals surface area contributed by atoms with Gasteiger partial charge in [-0.05, 0) is 31.9 Å². The number of benzene rings is 1. The molecular formula is C13H17ClO3. The smallest absolute Gasteiger partial charge is 0.171 e. The van der Waals surface area contributed by atoms with Gasteiger partial charge in [0.2, 0.25) is 0 Å². The number of hydrogen-bond donors (Lipinski definition) is 0. The fourth-order valence-electron chi connectivity index (χ4n) is 1.48. The molecule has 0 spiro atoms. The zero-order valence-electron chi connectivity index (χ0n) is 10.1. The highest BCUT2D eigenvalue weighted by atomic mass is 35.5. The number of halogens is 1. The summed E-state index contributed by atoms with van der Waals surface area (Å²) in [6.07, 6.45) is 2.50. The SMILES string of the molecule is COc1cccc(C=O)c1OCCCC(C)Cl. The van der Waals surface area contributed by atoms with E-state index in [0.717, 1.165) is 19.1 Å². The summed E-state index contributed by atoms with van der Waals surface area (Å²) in [6.45, 7) is 2.47. The lowest BCUT2D eigenvalue weighted by Crippen LogP contribution is -2.04. The van der Waals surface area contributed by atoms with Gasteiger partial charge >= 0.3 is 0 Å². The standard InChI is InChI=1S/C13H17ClO3/c1-10(14)5-4-8-17-13-11(9-15)6-3-7-12(13)16-2/h3,6-7,9-10H,4-5,8H2,1-2H3. The van der Waals surface area contributed by atoms with E-state index in [1.807, 2.05) is 6.92 Å². The second-order valence-corrected chi connectivity index (χ2v) is 4.51. The molecule has 0 N–H and O–H groups in total.